The highest BCUT2D eigenvalue weighted by Gasteiger charge is 2.19. The molecule has 0 aliphatic carbocycles. The first-order valence-electron chi connectivity index (χ1n) is 6.79. The van der Waals surface area contributed by atoms with E-state index in [-0.39, 0.29) is 10.8 Å². The van der Waals surface area contributed by atoms with Crippen LogP contribution in [0.2, 0.25) is 0 Å². The van der Waals surface area contributed by atoms with Crippen LogP contribution in [0.25, 0.3) is 0 Å². The van der Waals surface area contributed by atoms with E-state index < -0.39 is 0 Å². The molecular weight excluding hydrogens is 256 g/mol. The molecule has 19 heavy (non-hydrogen) atoms. The van der Waals surface area contributed by atoms with Gasteiger partial charge in [0.05, 0.1) is 12.6 Å². The summed E-state index contributed by atoms with van der Waals surface area (Å²) in [5.74, 6) is 7.57. The van der Waals surface area contributed by atoms with E-state index in [1.54, 1.807) is 0 Å². The number of thioether (sulfide) groups is 1. The number of para-hydroxylation sites is 1. The van der Waals surface area contributed by atoms with Crippen LogP contribution in [0, 0.1) is 0 Å². The van der Waals surface area contributed by atoms with Crippen molar-refractivity contribution in [1.82, 2.24) is 5.43 Å². The molecule has 1 unspecified atom stereocenters. The SMILES string of the molecule is CCCOc1ccccc1C(CSC(C)(C)C)NN. The molecule has 108 valence electrons. The number of ether oxygens (including phenoxy) is 1. The Hall–Kier alpha value is -0.710. The van der Waals surface area contributed by atoms with Crippen molar-refractivity contribution in [3.05, 3.63) is 29.8 Å². The molecule has 1 aromatic carbocycles. The van der Waals surface area contributed by atoms with Gasteiger partial charge < -0.3 is 4.74 Å². The van der Waals surface area contributed by atoms with Crippen LogP contribution in [0.15, 0.2) is 24.3 Å². The molecule has 0 heterocycles. The maximum atomic E-state index is 5.80. The minimum absolute atomic E-state index is 0.109. The van der Waals surface area contributed by atoms with Gasteiger partial charge in [0.15, 0.2) is 0 Å². The van der Waals surface area contributed by atoms with Crippen molar-refractivity contribution in [2.75, 3.05) is 12.4 Å². The molecule has 1 rings (SSSR count). The molecule has 0 aliphatic rings. The van der Waals surface area contributed by atoms with Crippen LogP contribution in [0.1, 0.15) is 45.7 Å². The third kappa shape index (κ3) is 5.85. The van der Waals surface area contributed by atoms with Gasteiger partial charge >= 0.3 is 0 Å². The number of nitrogens with one attached hydrogen (secondary N) is 1. The second-order valence-corrected chi connectivity index (χ2v) is 7.38. The zero-order chi connectivity index (χ0) is 14.3. The lowest BCUT2D eigenvalue weighted by Crippen LogP contribution is -2.31. The van der Waals surface area contributed by atoms with Crippen LogP contribution >= 0.6 is 11.8 Å². The number of benzene rings is 1. The normalized spacial score (nSPS) is 13.3. The van der Waals surface area contributed by atoms with Gasteiger partial charge in [-0.2, -0.15) is 11.8 Å². The maximum absolute atomic E-state index is 5.80. The Bertz CT molecular complexity index is 377. The smallest absolute Gasteiger partial charge is 0.124 e. The zero-order valence-electron chi connectivity index (χ0n) is 12.4. The first-order valence-corrected chi connectivity index (χ1v) is 7.78. The van der Waals surface area contributed by atoms with Crippen molar-refractivity contribution in [2.24, 2.45) is 5.84 Å². The number of rotatable bonds is 7. The number of hydrogen-bond acceptors (Lipinski definition) is 4. The standard InChI is InChI=1S/C15H26N2OS/c1-5-10-18-14-9-7-6-8-12(14)13(17-16)11-19-15(2,3)4/h6-9,13,17H,5,10-11,16H2,1-4H3. The topological polar surface area (TPSA) is 47.3 Å². The summed E-state index contributed by atoms with van der Waals surface area (Å²) in [4.78, 5) is 0. The lowest BCUT2D eigenvalue weighted by Gasteiger charge is -2.24. The lowest BCUT2D eigenvalue weighted by molar-refractivity contribution is 0.311. The van der Waals surface area contributed by atoms with E-state index in [9.17, 15) is 0 Å². The van der Waals surface area contributed by atoms with E-state index in [0.717, 1.165) is 30.1 Å². The Kier molecular flexibility index (Phi) is 6.69. The van der Waals surface area contributed by atoms with E-state index in [1.807, 2.05) is 30.0 Å². The van der Waals surface area contributed by atoms with Crippen LogP contribution in [0.4, 0.5) is 0 Å². The molecule has 0 bridgehead atoms. The monoisotopic (exact) mass is 282 g/mol. The van der Waals surface area contributed by atoms with Gasteiger partial charge in [-0.3, -0.25) is 11.3 Å². The van der Waals surface area contributed by atoms with Crippen molar-refractivity contribution < 1.29 is 4.74 Å². The van der Waals surface area contributed by atoms with Crippen LogP contribution in [0.5, 0.6) is 5.75 Å². The fraction of sp³-hybridized carbons (Fsp3) is 0.600. The van der Waals surface area contributed by atoms with Crippen molar-refractivity contribution in [2.45, 2.75) is 44.9 Å². The molecule has 0 aliphatic heterocycles. The molecule has 0 fully saturated rings. The molecule has 0 radical (unpaired) electrons. The largest absolute Gasteiger partial charge is 0.493 e. The molecular formula is C15H26N2OS. The molecule has 1 atom stereocenters. The van der Waals surface area contributed by atoms with Gasteiger partial charge in [-0.15, -0.1) is 0 Å². The number of nitrogens with two attached hydrogens (primary N) is 1. The first-order chi connectivity index (χ1) is 8.98. The zero-order valence-corrected chi connectivity index (χ0v) is 13.2. The molecule has 0 aromatic heterocycles. The molecule has 0 saturated carbocycles. The molecule has 0 saturated heterocycles. The maximum Gasteiger partial charge on any atom is 0.124 e. The number of hydrazine groups is 1. The lowest BCUT2D eigenvalue weighted by atomic mass is 10.1. The van der Waals surface area contributed by atoms with Crippen molar-refractivity contribution in [3.63, 3.8) is 0 Å². The molecule has 4 heteroatoms. The van der Waals surface area contributed by atoms with Crippen LogP contribution in [-0.2, 0) is 0 Å². The fourth-order valence-corrected chi connectivity index (χ4v) is 2.62. The summed E-state index contributed by atoms with van der Waals surface area (Å²) >= 11 is 1.90. The predicted molar refractivity (Wildman–Crippen MR) is 84.5 cm³/mol. The summed E-state index contributed by atoms with van der Waals surface area (Å²) in [7, 11) is 0. The first kappa shape index (κ1) is 16.3. The molecule has 0 spiro atoms. The third-order valence-electron chi connectivity index (χ3n) is 2.64. The second kappa shape index (κ2) is 7.78. The summed E-state index contributed by atoms with van der Waals surface area (Å²) in [6.07, 6.45) is 1.01. The summed E-state index contributed by atoms with van der Waals surface area (Å²) in [5.41, 5.74) is 4.04. The summed E-state index contributed by atoms with van der Waals surface area (Å²) in [5, 5.41) is 0. The van der Waals surface area contributed by atoms with Crippen LogP contribution < -0.4 is 16.0 Å². The minimum Gasteiger partial charge on any atom is -0.493 e. The van der Waals surface area contributed by atoms with Gasteiger partial charge in [-0.25, -0.2) is 0 Å². The average molecular weight is 282 g/mol. The highest BCUT2D eigenvalue weighted by molar-refractivity contribution is 8.00. The Morgan fingerprint density at radius 2 is 2.00 bits per heavy atom. The van der Waals surface area contributed by atoms with Crippen LogP contribution in [-0.4, -0.2) is 17.1 Å². The summed E-state index contributed by atoms with van der Waals surface area (Å²) < 4.78 is 6.03. The van der Waals surface area contributed by atoms with E-state index in [1.165, 1.54) is 0 Å². The molecule has 1 aromatic rings. The van der Waals surface area contributed by atoms with E-state index in [2.05, 4.69) is 39.2 Å². The van der Waals surface area contributed by atoms with E-state index in [4.69, 9.17) is 10.6 Å². The van der Waals surface area contributed by atoms with Crippen molar-refractivity contribution >= 4 is 11.8 Å². The highest BCUT2D eigenvalue weighted by Crippen LogP contribution is 2.31. The fourth-order valence-electron chi connectivity index (χ4n) is 1.67. The van der Waals surface area contributed by atoms with Crippen molar-refractivity contribution in [3.8, 4) is 5.75 Å². The number of hydrogen-bond donors (Lipinski definition) is 2. The molecule has 3 nitrogen and oxygen atoms in total. The Morgan fingerprint density at radius 1 is 1.32 bits per heavy atom. The van der Waals surface area contributed by atoms with E-state index in [0.29, 0.717) is 0 Å². The molecule has 0 amide bonds. The Labute approximate surface area is 121 Å². The van der Waals surface area contributed by atoms with Crippen LogP contribution in [0.3, 0.4) is 0 Å². The minimum atomic E-state index is 0.109. The van der Waals surface area contributed by atoms with Gasteiger partial charge in [-0.1, -0.05) is 45.9 Å². The Morgan fingerprint density at radius 3 is 2.58 bits per heavy atom. The predicted octanol–water partition coefficient (Wildman–Crippen LogP) is 3.51. The van der Waals surface area contributed by atoms with Gasteiger partial charge in [0, 0.05) is 16.1 Å². The quantitative estimate of drug-likeness (QED) is 0.593. The van der Waals surface area contributed by atoms with Gasteiger partial charge in [-0.05, 0) is 12.5 Å². The summed E-state index contributed by atoms with van der Waals surface area (Å²) in [6, 6.07) is 8.23. The second-order valence-electron chi connectivity index (χ2n) is 5.53. The highest BCUT2D eigenvalue weighted by atomic mass is 32.2. The van der Waals surface area contributed by atoms with Gasteiger partial charge in [0.2, 0.25) is 0 Å². The average Bonchev–Trinajstić information content (AvgIpc) is 2.37. The van der Waals surface area contributed by atoms with Crippen molar-refractivity contribution in [1.29, 1.82) is 0 Å². The summed E-state index contributed by atoms with van der Waals surface area (Å²) in [6.45, 7) is 9.48. The van der Waals surface area contributed by atoms with Gasteiger partial charge in [0.1, 0.15) is 5.75 Å². The molecule has 3 N–H and O–H groups in total. The van der Waals surface area contributed by atoms with Gasteiger partial charge in [0.25, 0.3) is 0 Å². The third-order valence-corrected chi connectivity index (χ3v) is 4.01. The van der Waals surface area contributed by atoms with E-state index >= 15 is 0 Å². The Balaban J connectivity index is 2.79.